The second-order valence-electron chi connectivity index (χ2n) is 5.51. The number of likely N-dealkylation sites (N-methyl/N-ethyl adjacent to an activating group) is 1. The van der Waals surface area contributed by atoms with Gasteiger partial charge in [-0.15, -0.1) is 0 Å². The summed E-state index contributed by atoms with van der Waals surface area (Å²) in [7, 11) is 1.89. The predicted octanol–water partition coefficient (Wildman–Crippen LogP) is 2.45. The van der Waals surface area contributed by atoms with Gasteiger partial charge in [-0.2, -0.15) is 0 Å². The second-order valence-corrected chi connectivity index (χ2v) is 5.51. The molecule has 1 N–H and O–H groups in total. The van der Waals surface area contributed by atoms with E-state index in [9.17, 15) is 0 Å². The molecule has 2 heterocycles. The predicted molar refractivity (Wildman–Crippen MR) is 92.4 cm³/mol. The van der Waals surface area contributed by atoms with E-state index in [1.165, 1.54) is 0 Å². The van der Waals surface area contributed by atoms with Crippen molar-refractivity contribution >= 4 is 11.5 Å². The maximum Gasteiger partial charge on any atom is 0.224 e. The number of aromatic nitrogens is 2. The van der Waals surface area contributed by atoms with Crippen molar-refractivity contribution < 1.29 is 4.74 Å². The Labute approximate surface area is 137 Å². The highest BCUT2D eigenvalue weighted by atomic mass is 16.5. The molecule has 1 saturated heterocycles. The summed E-state index contributed by atoms with van der Waals surface area (Å²) < 4.78 is 5.84. The van der Waals surface area contributed by atoms with Gasteiger partial charge < -0.3 is 19.9 Å². The molecule has 0 saturated carbocycles. The quantitative estimate of drug-likeness (QED) is 0.915. The largest absolute Gasteiger partial charge is 0.439 e. The lowest BCUT2D eigenvalue weighted by molar-refractivity contribution is 0.270. The van der Waals surface area contributed by atoms with Crippen molar-refractivity contribution in [3.8, 4) is 11.6 Å². The van der Waals surface area contributed by atoms with Gasteiger partial charge in [-0.3, -0.25) is 0 Å². The lowest BCUT2D eigenvalue weighted by Crippen LogP contribution is -2.46. The highest BCUT2D eigenvalue weighted by Crippen LogP contribution is 2.24. The normalized spacial score (nSPS) is 15.5. The standard InChI is InChI=1S/C17H23N5O/c1-3-21-8-10-22(11-9-21)16-12-17(20-13-19-16)23-15-6-4-14(18-2)5-7-15/h4-7,12-13,18H,3,8-11H2,1-2H3. The second kappa shape index (κ2) is 7.28. The first kappa shape index (κ1) is 15.6. The summed E-state index contributed by atoms with van der Waals surface area (Å²) in [5.74, 6) is 2.27. The number of piperazine rings is 1. The Hall–Kier alpha value is -2.34. The van der Waals surface area contributed by atoms with E-state index in [2.05, 4.69) is 32.0 Å². The van der Waals surface area contributed by atoms with Crippen molar-refractivity contribution in [2.45, 2.75) is 6.92 Å². The Kier molecular flexibility index (Phi) is 4.92. The molecular formula is C17H23N5O. The van der Waals surface area contributed by atoms with Crippen molar-refractivity contribution in [1.82, 2.24) is 14.9 Å². The van der Waals surface area contributed by atoms with Crippen molar-refractivity contribution in [1.29, 1.82) is 0 Å². The van der Waals surface area contributed by atoms with E-state index in [1.54, 1.807) is 6.33 Å². The molecule has 1 aliphatic rings. The number of hydrogen-bond acceptors (Lipinski definition) is 6. The molecule has 0 bridgehead atoms. The van der Waals surface area contributed by atoms with Crippen LogP contribution in [-0.4, -0.2) is 54.6 Å². The molecule has 6 heteroatoms. The van der Waals surface area contributed by atoms with Crippen LogP contribution in [0.1, 0.15) is 6.92 Å². The summed E-state index contributed by atoms with van der Waals surface area (Å²) in [5, 5.41) is 3.09. The van der Waals surface area contributed by atoms with E-state index >= 15 is 0 Å². The number of anilines is 2. The molecule has 0 spiro atoms. The van der Waals surface area contributed by atoms with Crippen LogP contribution in [0.5, 0.6) is 11.6 Å². The Morgan fingerprint density at radius 2 is 1.83 bits per heavy atom. The molecule has 1 fully saturated rings. The summed E-state index contributed by atoms with van der Waals surface area (Å²) in [6.45, 7) is 7.42. The van der Waals surface area contributed by atoms with Crippen LogP contribution in [0.2, 0.25) is 0 Å². The number of benzene rings is 1. The van der Waals surface area contributed by atoms with Gasteiger partial charge in [0.25, 0.3) is 0 Å². The van der Waals surface area contributed by atoms with Gasteiger partial charge in [0, 0.05) is 45.0 Å². The third-order valence-corrected chi connectivity index (χ3v) is 4.14. The summed E-state index contributed by atoms with van der Waals surface area (Å²) >= 11 is 0. The van der Waals surface area contributed by atoms with Crippen LogP contribution in [0.25, 0.3) is 0 Å². The molecule has 3 rings (SSSR count). The first-order chi connectivity index (χ1) is 11.3. The van der Waals surface area contributed by atoms with Crippen molar-refractivity contribution in [3.63, 3.8) is 0 Å². The van der Waals surface area contributed by atoms with Gasteiger partial charge in [0.15, 0.2) is 0 Å². The van der Waals surface area contributed by atoms with Crippen LogP contribution in [0.3, 0.4) is 0 Å². The van der Waals surface area contributed by atoms with E-state index in [-0.39, 0.29) is 0 Å². The first-order valence-electron chi connectivity index (χ1n) is 8.03. The molecule has 122 valence electrons. The van der Waals surface area contributed by atoms with E-state index in [0.717, 1.165) is 50.0 Å². The summed E-state index contributed by atoms with van der Waals surface area (Å²) in [6, 6.07) is 9.71. The Balaban J connectivity index is 1.67. The SMILES string of the molecule is CCN1CCN(c2cc(Oc3ccc(NC)cc3)ncn2)CC1. The molecule has 1 aliphatic heterocycles. The average Bonchev–Trinajstić information content (AvgIpc) is 2.63. The molecular weight excluding hydrogens is 290 g/mol. The fraction of sp³-hybridized carbons (Fsp3) is 0.412. The fourth-order valence-corrected chi connectivity index (χ4v) is 2.66. The zero-order valence-corrected chi connectivity index (χ0v) is 13.7. The lowest BCUT2D eigenvalue weighted by Gasteiger charge is -2.34. The molecule has 0 unspecified atom stereocenters. The molecule has 0 atom stereocenters. The monoisotopic (exact) mass is 313 g/mol. The summed E-state index contributed by atoms with van der Waals surface area (Å²) in [5.41, 5.74) is 1.05. The van der Waals surface area contributed by atoms with Gasteiger partial charge in [-0.25, -0.2) is 9.97 Å². The van der Waals surface area contributed by atoms with Crippen LogP contribution in [-0.2, 0) is 0 Å². The molecule has 0 aliphatic carbocycles. The van der Waals surface area contributed by atoms with Crippen LogP contribution in [0.15, 0.2) is 36.7 Å². The molecule has 23 heavy (non-hydrogen) atoms. The van der Waals surface area contributed by atoms with Gasteiger partial charge in [0.1, 0.15) is 17.9 Å². The average molecular weight is 313 g/mol. The van der Waals surface area contributed by atoms with Gasteiger partial charge in [0.2, 0.25) is 5.88 Å². The topological polar surface area (TPSA) is 53.5 Å². The maximum absolute atomic E-state index is 5.84. The van der Waals surface area contributed by atoms with Crippen molar-refractivity contribution in [3.05, 3.63) is 36.7 Å². The minimum absolute atomic E-state index is 0.574. The van der Waals surface area contributed by atoms with E-state index < -0.39 is 0 Å². The van der Waals surface area contributed by atoms with Crippen LogP contribution >= 0.6 is 0 Å². The fourth-order valence-electron chi connectivity index (χ4n) is 2.66. The molecule has 2 aromatic rings. The number of nitrogens with one attached hydrogen (secondary N) is 1. The molecule has 6 nitrogen and oxygen atoms in total. The first-order valence-corrected chi connectivity index (χ1v) is 8.03. The van der Waals surface area contributed by atoms with E-state index in [0.29, 0.717) is 5.88 Å². The Bertz CT molecular complexity index is 623. The van der Waals surface area contributed by atoms with Gasteiger partial charge in [-0.1, -0.05) is 6.92 Å². The van der Waals surface area contributed by atoms with Crippen molar-refractivity contribution in [2.75, 3.05) is 50.0 Å². The summed E-state index contributed by atoms with van der Waals surface area (Å²) in [4.78, 5) is 13.3. The number of rotatable bonds is 5. The highest BCUT2D eigenvalue weighted by molar-refractivity contribution is 5.47. The zero-order chi connectivity index (χ0) is 16.1. The summed E-state index contributed by atoms with van der Waals surface area (Å²) in [6.07, 6.45) is 1.57. The Morgan fingerprint density at radius 3 is 2.48 bits per heavy atom. The van der Waals surface area contributed by atoms with Gasteiger partial charge in [0.05, 0.1) is 0 Å². The molecule has 0 amide bonds. The molecule has 0 radical (unpaired) electrons. The highest BCUT2D eigenvalue weighted by Gasteiger charge is 2.17. The molecule has 1 aromatic carbocycles. The van der Waals surface area contributed by atoms with Crippen molar-refractivity contribution in [2.24, 2.45) is 0 Å². The zero-order valence-electron chi connectivity index (χ0n) is 13.7. The third kappa shape index (κ3) is 3.90. The number of hydrogen-bond donors (Lipinski definition) is 1. The third-order valence-electron chi connectivity index (χ3n) is 4.14. The van der Waals surface area contributed by atoms with Crippen LogP contribution < -0.4 is 15.0 Å². The minimum atomic E-state index is 0.574. The number of ether oxygens (including phenoxy) is 1. The van der Waals surface area contributed by atoms with E-state index in [4.69, 9.17) is 4.74 Å². The van der Waals surface area contributed by atoms with Crippen LogP contribution in [0.4, 0.5) is 11.5 Å². The molecule has 1 aromatic heterocycles. The maximum atomic E-state index is 5.84. The smallest absolute Gasteiger partial charge is 0.224 e. The Morgan fingerprint density at radius 1 is 1.09 bits per heavy atom. The van der Waals surface area contributed by atoms with Gasteiger partial charge >= 0.3 is 0 Å². The van der Waals surface area contributed by atoms with E-state index in [1.807, 2.05) is 37.4 Å². The number of nitrogens with zero attached hydrogens (tertiary/aromatic N) is 4. The lowest BCUT2D eigenvalue weighted by atomic mass is 10.3. The van der Waals surface area contributed by atoms with Gasteiger partial charge in [-0.05, 0) is 30.8 Å². The van der Waals surface area contributed by atoms with Crippen LogP contribution in [0, 0.1) is 0 Å². The minimum Gasteiger partial charge on any atom is -0.439 e.